The number of aliphatic hydroxyl groups is 1. The maximum Gasteiger partial charge on any atom is 0.205 e. The van der Waals surface area contributed by atoms with E-state index in [0.717, 1.165) is 5.69 Å². The summed E-state index contributed by atoms with van der Waals surface area (Å²) in [5.74, 6) is 0. The van der Waals surface area contributed by atoms with Crippen molar-refractivity contribution in [2.45, 2.75) is 6.35 Å². The first kappa shape index (κ1) is 7.64. The van der Waals surface area contributed by atoms with Gasteiger partial charge in [0.05, 0.1) is 11.4 Å². The zero-order valence-electron chi connectivity index (χ0n) is 6.45. The van der Waals surface area contributed by atoms with E-state index in [1.807, 2.05) is 0 Å². The van der Waals surface area contributed by atoms with Crippen molar-refractivity contribution in [1.29, 1.82) is 0 Å². The van der Waals surface area contributed by atoms with Crippen LogP contribution < -0.4 is 10.2 Å². The Morgan fingerprint density at radius 1 is 1.75 bits per heavy atom. The van der Waals surface area contributed by atoms with Crippen LogP contribution in [0.2, 0.25) is 5.15 Å². The third-order valence-electron chi connectivity index (χ3n) is 1.90. The van der Waals surface area contributed by atoms with Crippen molar-refractivity contribution in [3.63, 3.8) is 0 Å². The summed E-state index contributed by atoms with van der Waals surface area (Å²) in [4.78, 5) is 5.57. The summed E-state index contributed by atoms with van der Waals surface area (Å²) in [5, 5.41) is 12.6. The Balaban J connectivity index is 2.53. The minimum absolute atomic E-state index is 0.385. The summed E-state index contributed by atoms with van der Waals surface area (Å²) in [7, 11) is 1.78. The van der Waals surface area contributed by atoms with Gasteiger partial charge in [-0.05, 0) is 6.07 Å². The van der Waals surface area contributed by atoms with Gasteiger partial charge in [0.15, 0.2) is 5.15 Å². The lowest BCUT2D eigenvalue weighted by molar-refractivity contribution is 0.210. The molecule has 2 rings (SSSR count). The number of halogens is 1. The lowest BCUT2D eigenvalue weighted by Crippen LogP contribution is -2.31. The largest absolute Gasteiger partial charge is 0.356 e. The number of aliphatic hydroxyl groups excluding tert-OH is 1. The second kappa shape index (κ2) is 2.50. The minimum Gasteiger partial charge on any atom is -0.356 e. The van der Waals surface area contributed by atoms with Crippen LogP contribution in [0.1, 0.15) is 0 Å². The van der Waals surface area contributed by atoms with Crippen molar-refractivity contribution in [2.24, 2.45) is 0 Å². The van der Waals surface area contributed by atoms with Crippen LogP contribution in [0.4, 0.5) is 11.4 Å². The molecule has 0 fully saturated rings. The van der Waals surface area contributed by atoms with Crippen LogP contribution in [0.15, 0.2) is 12.3 Å². The zero-order chi connectivity index (χ0) is 8.72. The number of anilines is 2. The molecule has 1 unspecified atom stereocenters. The average molecular weight is 186 g/mol. The topological polar surface area (TPSA) is 48.4 Å². The first-order valence-corrected chi connectivity index (χ1v) is 3.90. The van der Waals surface area contributed by atoms with Crippen molar-refractivity contribution >= 4 is 23.0 Å². The highest BCUT2D eigenvalue weighted by molar-refractivity contribution is 6.32. The molecule has 0 bridgehead atoms. The summed E-state index contributed by atoms with van der Waals surface area (Å²) < 4.78 is 0. The van der Waals surface area contributed by atoms with Crippen LogP contribution in [0.3, 0.4) is 0 Å². The Labute approximate surface area is 74.8 Å². The number of nitrogens with zero attached hydrogens (tertiary/aromatic N) is 2. The molecule has 0 radical (unpaired) electrons. The standard InChI is InChI=1S/C7H8ClN3O/c1-11-4-2-3-9-6(8)5(4)10-7(11)12/h2-3,7,10,12H,1H3. The first-order valence-electron chi connectivity index (χ1n) is 3.52. The van der Waals surface area contributed by atoms with Gasteiger partial charge < -0.3 is 15.3 Å². The van der Waals surface area contributed by atoms with E-state index in [1.54, 1.807) is 24.2 Å². The highest BCUT2D eigenvalue weighted by Crippen LogP contribution is 2.36. The smallest absolute Gasteiger partial charge is 0.205 e. The molecule has 0 aromatic carbocycles. The van der Waals surface area contributed by atoms with Crippen LogP contribution in [-0.4, -0.2) is 23.5 Å². The lowest BCUT2D eigenvalue weighted by Gasteiger charge is -2.15. The molecule has 0 saturated carbocycles. The van der Waals surface area contributed by atoms with Crippen molar-refractivity contribution < 1.29 is 5.11 Å². The SMILES string of the molecule is CN1c2ccnc(Cl)c2NC1O. The third kappa shape index (κ3) is 0.922. The number of nitrogens with one attached hydrogen (secondary N) is 1. The molecule has 5 heteroatoms. The molecule has 2 heterocycles. The number of aromatic nitrogens is 1. The fourth-order valence-electron chi connectivity index (χ4n) is 1.21. The summed E-state index contributed by atoms with van der Waals surface area (Å²) in [6, 6.07) is 1.80. The molecule has 12 heavy (non-hydrogen) atoms. The predicted octanol–water partition coefficient (Wildman–Crippen LogP) is 0.873. The molecule has 0 saturated heterocycles. The Bertz CT molecular complexity index is 318. The fourth-order valence-corrected chi connectivity index (χ4v) is 1.42. The van der Waals surface area contributed by atoms with Gasteiger partial charge in [0, 0.05) is 13.2 Å². The van der Waals surface area contributed by atoms with Crippen LogP contribution in [0.5, 0.6) is 0 Å². The second-order valence-electron chi connectivity index (χ2n) is 2.62. The van der Waals surface area contributed by atoms with E-state index in [4.69, 9.17) is 11.6 Å². The second-order valence-corrected chi connectivity index (χ2v) is 2.98. The lowest BCUT2D eigenvalue weighted by atomic mass is 10.3. The van der Waals surface area contributed by atoms with Crippen LogP contribution >= 0.6 is 11.6 Å². The molecule has 1 aliphatic rings. The highest BCUT2D eigenvalue weighted by Gasteiger charge is 2.25. The van der Waals surface area contributed by atoms with E-state index in [1.165, 1.54) is 0 Å². The molecule has 4 nitrogen and oxygen atoms in total. The monoisotopic (exact) mass is 185 g/mol. The predicted molar refractivity (Wildman–Crippen MR) is 47.3 cm³/mol. The molecular weight excluding hydrogens is 178 g/mol. The average Bonchev–Trinajstić information content (AvgIpc) is 2.32. The van der Waals surface area contributed by atoms with E-state index in [-0.39, 0.29) is 0 Å². The zero-order valence-corrected chi connectivity index (χ0v) is 7.21. The van der Waals surface area contributed by atoms with Crippen LogP contribution in [0, 0.1) is 0 Å². The van der Waals surface area contributed by atoms with Gasteiger partial charge in [-0.2, -0.15) is 0 Å². The first-order chi connectivity index (χ1) is 5.70. The molecule has 1 aromatic heterocycles. The molecule has 2 N–H and O–H groups in total. The minimum atomic E-state index is -0.707. The van der Waals surface area contributed by atoms with Crippen molar-refractivity contribution in [1.82, 2.24) is 4.98 Å². The Morgan fingerprint density at radius 2 is 2.50 bits per heavy atom. The van der Waals surface area contributed by atoms with Crippen LogP contribution in [-0.2, 0) is 0 Å². The number of hydrogen-bond donors (Lipinski definition) is 2. The van der Waals surface area contributed by atoms with Crippen molar-refractivity contribution in [2.75, 3.05) is 17.3 Å². The molecule has 1 atom stereocenters. The van der Waals surface area contributed by atoms with Crippen molar-refractivity contribution in [3.05, 3.63) is 17.4 Å². The molecule has 0 spiro atoms. The van der Waals surface area contributed by atoms with Gasteiger partial charge >= 0.3 is 0 Å². The number of hydrogen-bond acceptors (Lipinski definition) is 4. The van der Waals surface area contributed by atoms with E-state index in [9.17, 15) is 5.11 Å². The Kier molecular flexibility index (Phi) is 1.59. The van der Waals surface area contributed by atoms with E-state index < -0.39 is 6.35 Å². The quantitative estimate of drug-likeness (QED) is 0.589. The van der Waals surface area contributed by atoms with E-state index in [0.29, 0.717) is 10.8 Å². The molecule has 1 aromatic rings. The molecule has 0 amide bonds. The summed E-state index contributed by atoms with van der Waals surface area (Å²) in [6.07, 6.45) is 0.902. The molecule has 1 aliphatic heterocycles. The summed E-state index contributed by atoms with van der Waals surface area (Å²) in [6.45, 7) is 0. The van der Waals surface area contributed by atoms with Gasteiger partial charge in [0.1, 0.15) is 0 Å². The van der Waals surface area contributed by atoms with Gasteiger partial charge in [-0.1, -0.05) is 11.6 Å². The molecular formula is C7H8ClN3O. The Morgan fingerprint density at radius 3 is 3.17 bits per heavy atom. The summed E-state index contributed by atoms with van der Waals surface area (Å²) in [5.41, 5.74) is 1.55. The highest BCUT2D eigenvalue weighted by atomic mass is 35.5. The molecule has 64 valence electrons. The Hall–Kier alpha value is -1.00. The maximum absolute atomic E-state index is 9.37. The van der Waals surface area contributed by atoms with E-state index >= 15 is 0 Å². The maximum atomic E-state index is 9.37. The molecule has 0 aliphatic carbocycles. The number of fused-ring (bicyclic) bond motifs is 1. The van der Waals surface area contributed by atoms with Gasteiger partial charge in [-0.15, -0.1) is 0 Å². The summed E-state index contributed by atoms with van der Waals surface area (Å²) >= 11 is 5.79. The van der Waals surface area contributed by atoms with Gasteiger partial charge in [-0.3, -0.25) is 0 Å². The normalized spacial score (nSPS) is 20.6. The van der Waals surface area contributed by atoms with Crippen molar-refractivity contribution in [3.8, 4) is 0 Å². The third-order valence-corrected chi connectivity index (χ3v) is 2.19. The number of pyridine rings is 1. The fraction of sp³-hybridized carbons (Fsp3) is 0.286. The van der Waals surface area contributed by atoms with Gasteiger partial charge in [-0.25, -0.2) is 4.98 Å². The number of rotatable bonds is 0. The van der Waals surface area contributed by atoms with E-state index in [2.05, 4.69) is 10.3 Å². The van der Waals surface area contributed by atoms with Gasteiger partial charge in [0.25, 0.3) is 0 Å². The van der Waals surface area contributed by atoms with Crippen LogP contribution in [0.25, 0.3) is 0 Å². The van der Waals surface area contributed by atoms with Gasteiger partial charge in [0.2, 0.25) is 6.35 Å².